The predicted octanol–water partition coefficient (Wildman–Crippen LogP) is 2.75. The number of ketones is 1. The SMILES string of the molecule is COc1cccc(C2C(C(=O)c3ccc(C)o3)=C(O)C(=O)N2CCN(C)C)c1OC. The first-order chi connectivity index (χ1) is 14.3. The van der Waals surface area contributed by atoms with Crippen molar-refractivity contribution in [1.29, 1.82) is 0 Å². The molecule has 160 valence electrons. The topological polar surface area (TPSA) is 92.5 Å². The number of aryl methyl sites for hydroxylation is 1. The maximum Gasteiger partial charge on any atom is 0.290 e. The van der Waals surface area contributed by atoms with Crippen molar-refractivity contribution in [3.63, 3.8) is 0 Å². The van der Waals surface area contributed by atoms with E-state index in [9.17, 15) is 14.7 Å². The molecule has 1 aromatic carbocycles. The third-order valence-corrected chi connectivity index (χ3v) is 5.03. The van der Waals surface area contributed by atoms with Crippen LogP contribution >= 0.6 is 0 Å². The van der Waals surface area contributed by atoms with Gasteiger partial charge in [-0.15, -0.1) is 0 Å². The molecule has 0 spiro atoms. The van der Waals surface area contributed by atoms with Crippen LogP contribution in [0, 0.1) is 6.92 Å². The van der Waals surface area contributed by atoms with Gasteiger partial charge in [0.25, 0.3) is 5.91 Å². The molecule has 1 aromatic heterocycles. The minimum atomic E-state index is -0.847. The van der Waals surface area contributed by atoms with Gasteiger partial charge in [0, 0.05) is 18.7 Å². The van der Waals surface area contributed by atoms with Crippen molar-refractivity contribution in [2.45, 2.75) is 13.0 Å². The number of carbonyl (C=O) groups excluding carboxylic acids is 2. The largest absolute Gasteiger partial charge is 0.503 e. The van der Waals surface area contributed by atoms with Crippen LogP contribution in [0.2, 0.25) is 0 Å². The molecule has 1 N–H and O–H groups in total. The Hall–Kier alpha value is -3.26. The molecule has 2 aromatic rings. The van der Waals surface area contributed by atoms with Crippen molar-refractivity contribution in [3.05, 3.63) is 58.7 Å². The highest BCUT2D eigenvalue weighted by Gasteiger charge is 2.45. The smallest absolute Gasteiger partial charge is 0.290 e. The molecule has 1 unspecified atom stereocenters. The summed E-state index contributed by atoms with van der Waals surface area (Å²) >= 11 is 0. The highest BCUT2D eigenvalue weighted by Crippen LogP contribution is 2.45. The van der Waals surface area contributed by atoms with E-state index in [-0.39, 0.29) is 11.3 Å². The van der Waals surface area contributed by atoms with Crippen LogP contribution in [0.15, 0.2) is 46.1 Å². The standard InChI is InChI=1S/C22H26N2O6/c1-13-9-10-15(30-13)19(25)17-18(14-7-6-8-16(28-4)21(14)29-5)24(12-11-23(2)3)22(27)20(17)26/h6-10,18,26H,11-12H2,1-5H3. The summed E-state index contributed by atoms with van der Waals surface area (Å²) in [5, 5.41) is 10.7. The first kappa shape index (κ1) is 21.4. The molecule has 30 heavy (non-hydrogen) atoms. The van der Waals surface area contributed by atoms with Gasteiger partial charge in [-0.1, -0.05) is 12.1 Å². The normalized spacial score (nSPS) is 16.5. The van der Waals surface area contributed by atoms with Gasteiger partial charge in [0.15, 0.2) is 23.0 Å². The van der Waals surface area contributed by atoms with Crippen molar-refractivity contribution < 1.29 is 28.6 Å². The number of likely N-dealkylation sites (N-methyl/N-ethyl adjacent to an activating group) is 1. The molecule has 0 saturated heterocycles. The highest BCUT2D eigenvalue weighted by atomic mass is 16.5. The Kier molecular flexibility index (Phi) is 6.17. The van der Waals surface area contributed by atoms with Gasteiger partial charge in [0.05, 0.1) is 25.8 Å². The van der Waals surface area contributed by atoms with Crippen LogP contribution in [0.25, 0.3) is 0 Å². The number of carbonyl (C=O) groups is 2. The van der Waals surface area contributed by atoms with Gasteiger partial charge in [-0.2, -0.15) is 0 Å². The number of methoxy groups -OCH3 is 2. The molecular weight excluding hydrogens is 388 g/mol. The fourth-order valence-corrected chi connectivity index (χ4v) is 3.56. The second-order valence-electron chi connectivity index (χ2n) is 7.29. The van der Waals surface area contributed by atoms with Crippen LogP contribution < -0.4 is 9.47 Å². The average Bonchev–Trinajstić information content (AvgIpc) is 3.26. The van der Waals surface area contributed by atoms with Gasteiger partial charge in [-0.3, -0.25) is 9.59 Å². The highest BCUT2D eigenvalue weighted by molar-refractivity contribution is 6.15. The fraction of sp³-hybridized carbons (Fsp3) is 0.364. The predicted molar refractivity (Wildman–Crippen MR) is 110 cm³/mol. The third-order valence-electron chi connectivity index (χ3n) is 5.03. The molecule has 3 rings (SSSR count). The number of aliphatic hydroxyl groups excluding tert-OH is 1. The van der Waals surface area contributed by atoms with Crippen molar-refractivity contribution in [1.82, 2.24) is 9.80 Å². The number of furan rings is 1. The lowest BCUT2D eigenvalue weighted by Gasteiger charge is -2.29. The molecule has 2 heterocycles. The molecule has 8 heteroatoms. The molecule has 1 atom stereocenters. The molecule has 8 nitrogen and oxygen atoms in total. The van der Waals surface area contributed by atoms with Crippen molar-refractivity contribution in [2.75, 3.05) is 41.4 Å². The van der Waals surface area contributed by atoms with E-state index in [1.54, 1.807) is 31.2 Å². The van der Waals surface area contributed by atoms with Crippen LogP contribution in [0.3, 0.4) is 0 Å². The van der Waals surface area contributed by atoms with E-state index in [4.69, 9.17) is 13.9 Å². The summed E-state index contributed by atoms with van der Waals surface area (Å²) in [6.07, 6.45) is 0. The summed E-state index contributed by atoms with van der Waals surface area (Å²) in [6, 6.07) is 7.57. The Morgan fingerprint density at radius 1 is 1.20 bits per heavy atom. The number of aliphatic hydroxyl groups is 1. The summed E-state index contributed by atoms with van der Waals surface area (Å²) in [5.41, 5.74) is 0.499. The first-order valence-corrected chi connectivity index (χ1v) is 9.51. The minimum absolute atomic E-state index is 0.0420. The van der Waals surface area contributed by atoms with E-state index >= 15 is 0 Å². The van der Waals surface area contributed by atoms with E-state index in [0.717, 1.165) is 0 Å². The number of benzene rings is 1. The Labute approximate surface area is 175 Å². The second kappa shape index (κ2) is 8.62. The number of rotatable bonds is 8. The summed E-state index contributed by atoms with van der Waals surface area (Å²) in [4.78, 5) is 29.6. The van der Waals surface area contributed by atoms with E-state index < -0.39 is 23.5 Å². The lowest BCUT2D eigenvalue weighted by Crippen LogP contribution is -2.36. The molecule has 0 saturated carbocycles. The quantitative estimate of drug-likeness (QED) is 0.664. The van der Waals surface area contributed by atoms with Crippen LogP contribution in [-0.2, 0) is 4.79 Å². The number of Topliss-reactive ketones (excluding diaryl/α,β-unsaturated/α-hetero) is 1. The maximum absolute atomic E-state index is 13.3. The van der Waals surface area contributed by atoms with Gasteiger partial charge < -0.3 is 28.8 Å². The number of para-hydroxylation sites is 1. The van der Waals surface area contributed by atoms with E-state index in [1.807, 2.05) is 19.0 Å². The molecule has 0 aliphatic carbocycles. The fourth-order valence-electron chi connectivity index (χ4n) is 3.56. The zero-order valence-electron chi connectivity index (χ0n) is 17.8. The zero-order chi connectivity index (χ0) is 22.0. The summed E-state index contributed by atoms with van der Waals surface area (Å²) in [7, 11) is 6.76. The minimum Gasteiger partial charge on any atom is -0.503 e. The van der Waals surface area contributed by atoms with E-state index in [2.05, 4.69) is 0 Å². The molecule has 0 radical (unpaired) electrons. The van der Waals surface area contributed by atoms with Gasteiger partial charge in [-0.25, -0.2) is 0 Å². The second-order valence-corrected chi connectivity index (χ2v) is 7.29. The summed E-state index contributed by atoms with van der Waals surface area (Å²) in [6.45, 7) is 2.56. The lowest BCUT2D eigenvalue weighted by atomic mass is 9.94. The van der Waals surface area contributed by atoms with Crippen molar-refractivity contribution >= 4 is 11.7 Å². The number of hydrogen-bond donors (Lipinski definition) is 1. The van der Waals surface area contributed by atoms with Crippen LogP contribution in [0.4, 0.5) is 0 Å². The van der Waals surface area contributed by atoms with Gasteiger partial charge in [0.1, 0.15) is 5.76 Å². The molecule has 1 aliphatic heterocycles. The number of ether oxygens (including phenoxy) is 2. The van der Waals surface area contributed by atoms with Crippen LogP contribution in [-0.4, -0.2) is 68.0 Å². The van der Waals surface area contributed by atoms with Crippen LogP contribution in [0.5, 0.6) is 11.5 Å². The van der Waals surface area contributed by atoms with Gasteiger partial charge >= 0.3 is 0 Å². The molecule has 1 amide bonds. The number of hydrogen-bond acceptors (Lipinski definition) is 7. The molecular formula is C22H26N2O6. The number of nitrogens with zero attached hydrogens (tertiary/aromatic N) is 2. The zero-order valence-corrected chi connectivity index (χ0v) is 17.8. The Morgan fingerprint density at radius 3 is 2.50 bits per heavy atom. The third kappa shape index (κ3) is 3.78. The van der Waals surface area contributed by atoms with E-state index in [1.165, 1.54) is 25.2 Å². The summed E-state index contributed by atoms with van der Waals surface area (Å²) in [5.74, 6) is -0.270. The Morgan fingerprint density at radius 2 is 1.93 bits per heavy atom. The molecule has 0 fully saturated rings. The molecule has 0 bridgehead atoms. The Balaban J connectivity index is 2.16. The maximum atomic E-state index is 13.3. The van der Waals surface area contributed by atoms with Gasteiger partial charge in [-0.05, 0) is 39.2 Å². The lowest BCUT2D eigenvalue weighted by molar-refractivity contribution is -0.129. The van der Waals surface area contributed by atoms with Gasteiger partial charge in [0.2, 0.25) is 5.78 Å². The number of amides is 1. The average molecular weight is 414 g/mol. The van der Waals surface area contributed by atoms with Crippen molar-refractivity contribution in [2.24, 2.45) is 0 Å². The first-order valence-electron chi connectivity index (χ1n) is 9.51. The van der Waals surface area contributed by atoms with E-state index in [0.29, 0.717) is 35.9 Å². The van der Waals surface area contributed by atoms with Crippen LogP contribution in [0.1, 0.15) is 27.9 Å². The Bertz CT molecular complexity index is 991. The summed E-state index contributed by atoms with van der Waals surface area (Å²) < 4.78 is 16.4. The monoisotopic (exact) mass is 414 g/mol. The van der Waals surface area contributed by atoms with Crippen molar-refractivity contribution in [3.8, 4) is 11.5 Å². The molecule has 1 aliphatic rings.